The molecule has 0 fully saturated rings. The minimum absolute atomic E-state index is 0. The summed E-state index contributed by atoms with van der Waals surface area (Å²) in [6.07, 6.45) is 0. The van der Waals surface area contributed by atoms with Crippen LogP contribution in [-0.2, 0) is 0 Å². The molecule has 0 radical (unpaired) electrons. The first kappa shape index (κ1) is 10.9. The fraction of sp³-hybridized carbons (Fsp3) is 0. The molecule has 0 aliphatic heterocycles. The lowest BCUT2D eigenvalue weighted by molar-refractivity contribution is 1.48. The van der Waals surface area contributed by atoms with Gasteiger partial charge in [-0.25, -0.2) is 3.79 Å². The fourth-order valence-corrected chi connectivity index (χ4v) is 3.19. The van der Waals surface area contributed by atoms with Gasteiger partial charge in [0.2, 0.25) is 0 Å². The number of hydrogen-bond donors (Lipinski definition) is 0. The largest absolute Gasteiger partial charge is 0.246 e. The number of para-hydroxylation sites is 1. The summed E-state index contributed by atoms with van der Waals surface area (Å²) in [4.78, 5) is 1.37. The Balaban J connectivity index is 0.000000422. The van der Waals surface area contributed by atoms with Gasteiger partial charge in [-0.15, -0.1) is 24.8 Å². The van der Waals surface area contributed by atoms with E-state index in [1.165, 1.54) is 15.7 Å². The molecule has 3 rings (SSSR count). The van der Waals surface area contributed by atoms with Gasteiger partial charge in [-0.2, -0.15) is 0 Å². The van der Waals surface area contributed by atoms with Crippen LogP contribution in [0.4, 0.5) is 0 Å². The number of aromatic nitrogens is 1. The predicted octanol–water partition coefficient (Wildman–Crippen LogP) is 4.06. The summed E-state index contributed by atoms with van der Waals surface area (Å²) in [6.45, 7) is 0. The molecule has 2 heterocycles. The molecule has 0 spiro atoms. The fourth-order valence-electron chi connectivity index (χ4n) is 1.29. The first-order chi connectivity index (χ1) is 5.45. The molecule has 70 valence electrons. The van der Waals surface area contributed by atoms with Crippen molar-refractivity contribution in [2.45, 2.75) is 0 Å². The molecule has 0 saturated carbocycles. The number of hydrogen-bond acceptors (Lipinski definition) is 2. The van der Waals surface area contributed by atoms with E-state index in [2.05, 4.69) is 34.1 Å². The van der Waals surface area contributed by atoms with Crippen LogP contribution in [0.1, 0.15) is 0 Å². The van der Waals surface area contributed by atoms with Gasteiger partial charge in [0.1, 0.15) is 4.83 Å². The summed E-state index contributed by atoms with van der Waals surface area (Å²) in [5.41, 5.74) is 1.34. The van der Waals surface area contributed by atoms with Crippen molar-refractivity contribution in [3.05, 3.63) is 30.3 Å². The van der Waals surface area contributed by atoms with Gasteiger partial charge in [0.15, 0.2) is 0 Å². The Kier molecular flexibility index (Phi) is 3.24. The molecule has 0 aliphatic rings. The zero-order chi connectivity index (χ0) is 7.26. The number of nitrogens with zero attached hydrogens (tertiary/aromatic N) is 1. The molecule has 0 bridgehead atoms. The Labute approximate surface area is 95.3 Å². The lowest BCUT2D eigenvalue weighted by Gasteiger charge is -1.94. The quantitative estimate of drug-likeness (QED) is 0.531. The van der Waals surface area contributed by atoms with Crippen LogP contribution >= 0.6 is 45.7 Å². The van der Waals surface area contributed by atoms with E-state index < -0.39 is 0 Å². The topological polar surface area (TPSA) is 4.41 Å². The minimum Gasteiger partial charge on any atom is -0.246 e. The molecule has 0 saturated heterocycles. The Bertz CT molecular complexity index is 508. The van der Waals surface area contributed by atoms with Crippen molar-refractivity contribution in [3.8, 4) is 0 Å². The van der Waals surface area contributed by atoms with E-state index in [-0.39, 0.29) is 24.8 Å². The van der Waals surface area contributed by atoms with Crippen molar-refractivity contribution in [1.29, 1.82) is 0 Å². The summed E-state index contributed by atoms with van der Waals surface area (Å²) < 4.78 is 2.26. The molecule has 3 aromatic rings. The highest BCUT2D eigenvalue weighted by molar-refractivity contribution is 7.72. The van der Waals surface area contributed by atoms with Crippen LogP contribution in [0.5, 0.6) is 0 Å². The Morgan fingerprint density at radius 1 is 1.08 bits per heavy atom. The number of halogens is 2. The normalized spacial score (nSPS) is 9.85. The van der Waals surface area contributed by atoms with Gasteiger partial charge in [0.25, 0.3) is 0 Å². The summed E-state index contributed by atoms with van der Waals surface area (Å²) in [5, 5.41) is 1.35. The second-order valence-electron chi connectivity index (χ2n) is 2.49. The summed E-state index contributed by atoms with van der Waals surface area (Å²) in [5.74, 6) is 0. The highest BCUT2D eigenvalue weighted by Gasteiger charge is 2.03. The van der Waals surface area contributed by atoms with Crippen LogP contribution in [0.15, 0.2) is 30.3 Å². The van der Waals surface area contributed by atoms with Crippen LogP contribution in [-0.4, -0.2) is 3.79 Å². The Morgan fingerprint density at radius 2 is 1.85 bits per heavy atom. The lowest BCUT2D eigenvalue weighted by Crippen LogP contribution is -1.75. The number of rotatable bonds is 0. The monoisotopic (exact) mass is 251 g/mol. The standard InChI is InChI=1S/C8H5NS2.2ClH/c1-2-4-7-6(3-1)5-8-9(7)11-10-8;;/h1-5H;2*1H. The van der Waals surface area contributed by atoms with Crippen molar-refractivity contribution in [2.24, 2.45) is 0 Å². The van der Waals surface area contributed by atoms with Gasteiger partial charge in [0, 0.05) is 15.9 Å². The van der Waals surface area contributed by atoms with Gasteiger partial charge in [-0.1, -0.05) is 18.2 Å². The molecule has 0 N–H and O–H groups in total. The zero-order valence-corrected chi connectivity index (χ0v) is 9.73. The maximum absolute atomic E-state index is 2.26. The van der Waals surface area contributed by atoms with Gasteiger partial charge in [-0.3, -0.25) is 0 Å². The van der Waals surface area contributed by atoms with Crippen LogP contribution in [0.3, 0.4) is 0 Å². The van der Waals surface area contributed by atoms with Gasteiger partial charge < -0.3 is 0 Å². The molecule has 1 nitrogen and oxygen atoms in total. The van der Waals surface area contributed by atoms with Gasteiger partial charge >= 0.3 is 0 Å². The van der Waals surface area contributed by atoms with Crippen molar-refractivity contribution >= 4 is 61.4 Å². The molecular formula is C8H7Cl2NS2. The maximum Gasteiger partial charge on any atom is 0.122 e. The molecular weight excluding hydrogens is 245 g/mol. The third kappa shape index (κ3) is 1.46. The molecule has 0 atom stereocenters. The van der Waals surface area contributed by atoms with Crippen LogP contribution in [0.2, 0.25) is 0 Å². The van der Waals surface area contributed by atoms with Crippen molar-refractivity contribution in [2.75, 3.05) is 0 Å². The maximum atomic E-state index is 2.26. The summed E-state index contributed by atoms with van der Waals surface area (Å²) in [7, 11) is 3.64. The van der Waals surface area contributed by atoms with Crippen molar-refractivity contribution in [1.82, 2.24) is 3.79 Å². The summed E-state index contributed by atoms with van der Waals surface area (Å²) in [6, 6.07) is 10.7. The number of benzene rings is 1. The zero-order valence-electron chi connectivity index (χ0n) is 6.47. The van der Waals surface area contributed by atoms with E-state index in [9.17, 15) is 0 Å². The number of fused-ring (bicyclic) bond motifs is 3. The predicted molar refractivity (Wildman–Crippen MR) is 65.2 cm³/mol. The second kappa shape index (κ2) is 3.88. The molecule has 0 unspecified atom stereocenters. The van der Waals surface area contributed by atoms with E-state index in [0.717, 1.165) is 0 Å². The molecule has 2 aromatic heterocycles. The van der Waals surface area contributed by atoms with Crippen LogP contribution in [0.25, 0.3) is 15.7 Å². The van der Waals surface area contributed by atoms with Crippen molar-refractivity contribution in [3.63, 3.8) is 0 Å². The van der Waals surface area contributed by atoms with E-state index in [0.29, 0.717) is 0 Å². The Hall–Kier alpha value is -0.220. The third-order valence-corrected chi connectivity index (χ3v) is 4.22. The molecule has 0 aliphatic carbocycles. The highest BCUT2D eigenvalue weighted by atomic mass is 35.5. The van der Waals surface area contributed by atoms with Gasteiger partial charge in [-0.05, 0) is 22.5 Å². The smallest absolute Gasteiger partial charge is 0.122 e. The second-order valence-corrected chi connectivity index (χ2v) is 4.54. The molecule has 5 heteroatoms. The average molecular weight is 252 g/mol. The minimum atomic E-state index is 0. The molecule has 13 heavy (non-hydrogen) atoms. The third-order valence-electron chi connectivity index (χ3n) is 1.83. The Morgan fingerprint density at radius 3 is 2.54 bits per heavy atom. The first-order valence-electron chi connectivity index (χ1n) is 3.41. The van der Waals surface area contributed by atoms with Gasteiger partial charge in [0.05, 0.1) is 5.52 Å². The lowest BCUT2D eigenvalue weighted by atomic mass is 10.3. The first-order valence-corrected chi connectivity index (χ1v) is 5.51. The van der Waals surface area contributed by atoms with Crippen molar-refractivity contribution < 1.29 is 0 Å². The van der Waals surface area contributed by atoms with Crippen LogP contribution < -0.4 is 0 Å². The molecule has 0 amide bonds. The summed E-state index contributed by atoms with van der Waals surface area (Å²) >= 11 is 0. The highest BCUT2D eigenvalue weighted by Crippen LogP contribution is 2.30. The molecule has 1 aromatic carbocycles. The van der Waals surface area contributed by atoms with E-state index in [4.69, 9.17) is 0 Å². The van der Waals surface area contributed by atoms with Crippen LogP contribution in [0, 0.1) is 0 Å². The van der Waals surface area contributed by atoms with E-state index in [1.807, 2.05) is 10.3 Å². The SMILES string of the molecule is Cl.Cl.c1ccc2c(c1)cc1ssn12. The average Bonchev–Trinajstić information content (AvgIpc) is 2.23. The van der Waals surface area contributed by atoms with E-state index >= 15 is 0 Å². The van der Waals surface area contributed by atoms with E-state index in [1.54, 1.807) is 10.5 Å².